The van der Waals surface area contributed by atoms with Crippen LogP contribution in [0, 0.1) is 0 Å². The van der Waals surface area contributed by atoms with Gasteiger partial charge in [-0.3, -0.25) is 4.79 Å². The number of halogens is 5. The van der Waals surface area contributed by atoms with Crippen molar-refractivity contribution in [2.24, 2.45) is 0 Å². The van der Waals surface area contributed by atoms with Gasteiger partial charge >= 0.3 is 12.3 Å². The van der Waals surface area contributed by atoms with Crippen molar-refractivity contribution in [2.45, 2.75) is 12.3 Å². The highest BCUT2D eigenvalue weighted by molar-refractivity contribution is 6.34. The summed E-state index contributed by atoms with van der Waals surface area (Å²) in [5.41, 5.74) is 0.0968. The lowest BCUT2D eigenvalue weighted by atomic mass is 10.1. The molecule has 7 heteroatoms. The first-order valence-corrected chi connectivity index (χ1v) is 5.24. The summed E-state index contributed by atoms with van der Waals surface area (Å²) in [6.45, 7) is -2.24. The average molecular weight is 285 g/mol. The second kappa shape index (κ2) is 6.15. The van der Waals surface area contributed by atoms with Crippen LogP contribution in [0.3, 0.4) is 0 Å². The van der Waals surface area contributed by atoms with E-state index < -0.39 is 31.3 Å². The summed E-state index contributed by atoms with van der Waals surface area (Å²) in [4.78, 5) is 11.5. The van der Waals surface area contributed by atoms with Crippen LogP contribution in [0.1, 0.15) is 10.4 Å². The molecule has 0 aromatic heterocycles. The van der Waals surface area contributed by atoms with Gasteiger partial charge in [-0.05, 0) is 12.1 Å². The largest absolute Gasteiger partial charge is 0.367 e. The van der Waals surface area contributed by atoms with Crippen LogP contribution in [0.4, 0.5) is 17.6 Å². The number of hydrogen-bond donors (Lipinski definition) is 0. The zero-order chi connectivity index (χ0) is 13.8. The van der Waals surface area contributed by atoms with E-state index in [0.29, 0.717) is 0 Å². The quantitative estimate of drug-likeness (QED) is 0.591. The molecule has 0 heterocycles. The topological polar surface area (TPSA) is 26.3 Å². The Morgan fingerprint density at radius 2 is 1.94 bits per heavy atom. The predicted octanol–water partition coefficient (Wildman–Crippen LogP) is 3.44. The highest BCUT2D eigenvalue weighted by atomic mass is 35.5. The Kier molecular flexibility index (Phi) is 5.10. The van der Waals surface area contributed by atoms with Crippen LogP contribution in [-0.4, -0.2) is 31.3 Å². The molecule has 0 amide bonds. The first-order chi connectivity index (χ1) is 8.34. The maximum atomic E-state index is 12.5. The Morgan fingerprint density at radius 1 is 1.33 bits per heavy atom. The molecule has 1 aromatic rings. The molecular weight excluding hydrogens is 276 g/mol. The summed E-state index contributed by atoms with van der Waals surface area (Å²) in [5.74, 6) is -4.91. The number of Topliss-reactive ketones (excluding diaryl/α,β-unsaturated/α-hetero) is 1. The minimum Gasteiger partial charge on any atom is -0.367 e. The number of rotatable bonds is 6. The molecule has 0 bridgehead atoms. The standard InChI is InChI=1S/C11H9ClF4O2/c12-8-4-2-1-3-7(8)9(17)5-18-6-11(15,16)10(13)14/h1-4,10H,5-6H2. The van der Waals surface area contributed by atoms with Gasteiger partial charge in [-0.15, -0.1) is 0 Å². The number of hydrogen-bond acceptors (Lipinski definition) is 2. The van der Waals surface area contributed by atoms with E-state index in [1.807, 2.05) is 0 Å². The van der Waals surface area contributed by atoms with Gasteiger partial charge in [0.15, 0.2) is 5.78 Å². The summed E-state index contributed by atoms with van der Waals surface area (Å²) in [6, 6.07) is 5.96. The van der Waals surface area contributed by atoms with Crippen LogP contribution in [0.2, 0.25) is 5.02 Å². The van der Waals surface area contributed by atoms with Crippen molar-refractivity contribution in [3.8, 4) is 0 Å². The van der Waals surface area contributed by atoms with E-state index in [2.05, 4.69) is 4.74 Å². The first kappa shape index (κ1) is 14.9. The van der Waals surface area contributed by atoms with E-state index in [1.54, 1.807) is 6.07 Å². The number of carbonyl (C=O) groups is 1. The molecule has 0 N–H and O–H groups in total. The van der Waals surface area contributed by atoms with Gasteiger partial charge < -0.3 is 4.74 Å². The monoisotopic (exact) mass is 284 g/mol. The fraction of sp³-hybridized carbons (Fsp3) is 0.364. The molecule has 0 aliphatic rings. The molecule has 0 aliphatic carbocycles. The summed E-state index contributed by atoms with van der Waals surface area (Å²) in [5, 5.41) is 0.145. The molecule has 0 atom stereocenters. The van der Waals surface area contributed by atoms with Crippen LogP contribution in [0.5, 0.6) is 0 Å². The van der Waals surface area contributed by atoms with Gasteiger partial charge in [0, 0.05) is 5.56 Å². The van der Waals surface area contributed by atoms with Crippen LogP contribution in [0.15, 0.2) is 24.3 Å². The minimum atomic E-state index is -4.26. The van der Waals surface area contributed by atoms with Crippen molar-refractivity contribution in [2.75, 3.05) is 13.2 Å². The summed E-state index contributed by atoms with van der Waals surface area (Å²) in [7, 11) is 0. The highest BCUT2D eigenvalue weighted by Crippen LogP contribution is 2.23. The Hall–Kier alpha value is -1.14. The second-order valence-electron chi connectivity index (χ2n) is 3.46. The van der Waals surface area contributed by atoms with Crippen LogP contribution in [-0.2, 0) is 4.74 Å². The number of benzene rings is 1. The lowest BCUT2D eigenvalue weighted by Gasteiger charge is -2.14. The number of ether oxygens (including phenoxy) is 1. The molecule has 0 radical (unpaired) electrons. The van der Waals surface area contributed by atoms with Gasteiger partial charge in [0.1, 0.15) is 13.2 Å². The SMILES string of the molecule is O=C(COCC(F)(F)C(F)F)c1ccccc1Cl. The average Bonchev–Trinajstić information content (AvgIpc) is 2.29. The fourth-order valence-electron chi connectivity index (χ4n) is 1.11. The fourth-order valence-corrected chi connectivity index (χ4v) is 1.35. The molecule has 2 nitrogen and oxygen atoms in total. The number of carbonyl (C=O) groups excluding carboxylic acids is 1. The zero-order valence-electron chi connectivity index (χ0n) is 9.01. The molecule has 0 saturated carbocycles. The van der Waals surface area contributed by atoms with Gasteiger partial charge in [0.05, 0.1) is 5.02 Å². The normalized spacial score (nSPS) is 11.9. The van der Waals surface area contributed by atoms with Crippen molar-refractivity contribution < 1.29 is 27.1 Å². The van der Waals surface area contributed by atoms with Crippen molar-refractivity contribution in [1.29, 1.82) is 0 Å². The van der Waals surface area contributed by atoms with E-state index in [-0.39, 0.29) is 10.6 Å². The van der Waals surface area contributed by atoms with Crippen molar-refractivity contribution in [1.82, 2.24) is 0 Å². The van der Waals surface area contributed by atoms with Gasteiger partial charge in [-0.1, -0.05) is 23.7 Å². The summed E-state index contributed by atoms with van der Waals surface area (Å²) in [6.07, 6.45) is -3.83. The molecule has 0 aliphatic heterocycles. The molecule has 18 heavy (non-hydrogen) atoms. The van der Waals surface area contributed by atoms with Crippen LogP contribution in [0.25, 0.3) is 0 Å². The highest BCUT2D eigenvalue weighted by Gasteiger charge is 2.41. The smallest absolute Gasteiger partial charge is 0.330 e. The molecular formula is C11H9ClF4O2. The maximum absolute atomic E-state index is 12.5. The Balaban J connectivity index is 2.51. The first-order valence-electron chi connectivity index (χ1n) is 4.86. The molecule has 1 rings (SSSR count). The lowest BCUT2D eigenvalue weighted by Crippen LogP contribution is -2.33. The van der Waals surface area contributed by atoms with E-state index >= 15 is 0 Å². The molecule has 0 saturated heterocycles. The lowest BCUT2D eigenvalue weighted by molar-refractivity contribution is -0.163. The third-order valence-corrected chi connectivity index (χ3v) is 2.35. The van der Waals surface area contributed by atoms with E-state index in [0.717, 1.165) is 0 Å². The van der Waals surface area contributed by atoms with Crippen molar-refractivity contribution in [3.05, 3.63) is 34.9 Å². The van der Waals surface area contributed by atoms with Crippen molar-refractivity contribution in [3.63, 3.8) is 0 Å². The summed E-state index contributed by atoms with van der Waals surface area (Å²) >= 11 is 5.69. The summed E-state index contributed by atoms with van der Waals surface area (Å²) < 4.78 is 52.8. The maximum Gasteiger partial charge on any atom is 0.330 e. The third-order valence-electron chi connectivity index (χ3n) is 2.02. The minimum absolute atomic E-state index is 0.0968. The number of ketones is 1. The zero-order valence-corrected chi connectivity index (χ0v) is 9.76. The Morgan fingerprint density at radius 3 is 2.50 bits per heavy atom. The molecule has 1 aromatic carbocycles. The van der Waals surface area contributed by atoms with E-state index in [9.17, 15) is 22.4 Å². The Bertz CT molecular complexity index is 423. The van der Waals surface area contributed by atoms with Crippen molar-refractivity contribution >= 4 is 17.4 Å². The van der Waals surface area contributed by atoms with E-state index in [1.165, 1.54) is 18.2 Å². The van der Waals surface area contributed by atoms with Gasteiger partial charge in [-0.25, -0.2) is 8.78 Å². The molecule has 100 valence electrons. The van der Waals surface area contributed by atoms with Gasteiger partial charge in [0.2, 0.25) is 0 Å². The van der Waals surface area contributed by atoms with Crippen LogP contribution >= 0.6 is 11.6 Å². The van der Waals surface area contributed by atoms with Gasteiger partial charge in [0.25, 0.3) is 0 Å². The predicted molar refractivity (Wildman–Crippen MR) is 57.6 cm³/mol. The molecule has 0 spiro atoms. The van der Waals surface area contributed by atoms with Gasteiger partial charge in [-0.2, -0.15) is 8.78 Å². The van der Waals surface area contributed by atoms with Crippen LogP contribution < -0.4 is 0 Å². The second-order valence-corrected chi connectivity index (χ2v) is 3.86. The third kappa shape index (κ3) is 3.96. The van der Waals surface area contributed by atoms with E-state index in [4.69, 9.17) is 11.6 Å². The number of alkyl halides is 4. The Labute approximate surface area is 105 Å². The molecule has 0 unspecified atom stereocenters. The molecule has 0 fully saturated rings.